The molecule has 1 fully saturated rings. The van der Waals surface area contributed by atoms with Crippen molar-refractivity contribution in [1.82, 2.24) is 5.32 Å². The van der Waals surface area contributed by atoms with Crippen LogP contribution in [0.4, 0.5) is 4.39 Å². The molecule has 0 saturated carbocycles. The molecule has 0 radical (unpaired) electrons. The minimum absolute atomic E-state index is 0.108. The molecule has 1 heterocycles. The molecule has 1 aliphatic rings. The molecule has 1 atom stereocenters. The van der Waals surface area contributed by atoms with E-state index in [1.54, 1.807) is 0 Å². The lowest BCUT2D eigenvalue weighted by Crippen LogP contribution is -2.22. The highest BCUT2D eigenvalue weighted by molar-refractivity contribution is 5.24. The Bertz CT molecular complexity index is 403. The number of ether oxygens (including phenoxy) is 2. The topological polar surface area (TPSA) is 30.5 Å². The van der Waals surface area contributed by atoms with Gasteiger partial charge in [0.2, 0.25) is 0 Å². The predicted octanol–water partition coefficient (Wildman–Crippen LogP) is 2.63. The van der Waals surface area contributed by atoms with Crippen molar-refractivity contribution in [2.45, 2.75) is 45.6 Å². The van der Waals surface area contributed by atoms with Crippen molar-refractivity contribution in [2.75, 3.05) is 13.2 Å². The summed E-state index contributed by atoms with van der Waals surface area (Å²) in [5, 5.41) is 3.32. The maximum Gasteiger partial charge on any atom is 0.128 e. The van der Waals surface area contributed by atoms with Crippen molar-refractivity contribution in [3.63, 3.8) is 0 Å². The Morgan fingerprint density at radius 2 is 2.32 bits per heavy atom. The van der Waals surface area contributed by atoms with Gasteiger partial charge in [-0.1, -0.05) is 19.9 Å². The average molecular weight is 267 g/mol. The zero-order valence-corrected chi connectivity index (χ0v) is 11.6. The van der Waals surface area contributed by atoms with Gasteiger partial charge in [-0.25, -0.2) is 4.39 Å². The molecule has 4 heteroatoms. The van der Waals surface area contributed by atoms with Crippen LogP contribution >= 0.6 is 0 Å². The molecule has 1 saturated heterocycles. The summed E-state index contributed by atoms with van der Waals surface area (Å²) in [6, 6.07) is 5.62. The number of nitrogens with one attached hydrogen (secondary N) is 1. The first-order valence-corrected chi connectivity index (χ1v) is 6.85. The zero-order valence-electron chi connectivity index (χ0n) is 11.6. The van der Waals surface area contributed by atoms with E-state index in [2.05, 4.69) is 19.2 Å². The van der Waals surface area contributed by atoms with Crippen LogP contribution in [0.3, 0.4) is 0 Å². The van der Waals surface area contributed by atoms with Crippen LogP contribution in [-0.2, 0) is 22.6 Å². The van der Waals surface area contributed by atoms with Crippen molar-refractivity contribution in [3.05, 3.63) is 35.1 Å². The van der Waals surface area contributed by atoms with Gasteiger partial charge in [0.05, 0.1) is 19.3 Å². The summed E-state index contributed by atoms with van der Waals surface area (Å²) in [6.45, 7) is 6.61. The SMILES string of the molecule is CC(C)NCc1ccc(F)c(COC2CCOC2)c1. The van der Waals surface area contributed by atoms with E-state index in [-0.39, 0.29) is 11.9 Å². The van der Waals surface area contributed by atoms with Gasteiger partial charge in [0, 0.05) is 24.8 Å². The standard InChI is InChI=1S/C15H22FNO2/c1-11(2)17-8-12-3-4-15(16)13(7-12)9-19-14-5-6-18-10-14/h3-4,7,11,14,17H,5-6,8-10H2,1-2H3. The average Bonchev–Trinajstić information content (AvgIpc) is 2.89. The molecule has 1 unspecified atom stereocenters. The number of benzene rings is 1. The number of hydrogen-bond acceptors (Lipinski definition) is 3. The van der Waals surface area contributed by atoms with E-state index in [0.29, 0.717) is 24.8 Å². The second-order valence-corrected chi connectivity index (χ2v) is 5.26. The molecule has 0 aliphatic carbocycles. The van der Waals surface area contributed by atoms with Crippen LogP contribution in [0.15, 0.2) is 18.2 Å². The molecule has 3 nitrogen and oxygen atoms in total. The van der Waals surface area contributed by atoms with E-state index in [0.717, 1.165) is 25.1 Å². The molecule has 1 N–H and O–H groups in total. The van der Waals surface area contributed by atoms with Gasteiger partial charge in [-0.2, -0.15) is 0 Å². The normalized spacial score (nSPS) is 19.3. The highest BCUT2D eigenvalue weighted by Crippen LogP contribution is 2.15. The Balaban J connectivity index is 1.92. The molecule has 106 valence electrons. The van der Waals surface area contributed by atoms with Crippen molar-refractivity contribution < 1.29 is 13.9 Å². The fourth-order valence-electron chi connectivity index (χ4n) is 2.02. The third-order valence-corrected chi connectivity index (χ3v) is 3.19. The highest BCUT2D eigenvalue weighted by Gasteiger charge is 2.16. The molecule has 0 aromatic heterocycles. The van der Waals surface area contributed by atoms with Gasteiger partial charge in [0.15, 0.2) is 0 Å². The lowest BCUT2D eigenvalue weighted by atomic mass is 10.1. The molecule has 1 aromatic rings. The second-order valence-electron chi connectivity index (χ2n) is 5.26. The monoisotopic (exact) mass is 267 g/mol. The molecule has 1 aromatic carbocycles. The number of halogens is 1. The molecular formula is C15H22FNO2. The van der Waals surface area contributed by atoms with E-state index in [9.17, 15) is 4.39 Å². The van der Waals surface area contributed by atoms with Crippen molar-refractivity contribution in [1.29, 1.82) is 0 Å². The van der Waals surface area contributed by atoms with Crippen LogP contribution in [0.25, 0.3) is 0 Å². The van der Waals surface area contributed by atoms with E-state index in [1.807, 2.05) is 12.1 Å². The predicted molar refractivity (Wildman–Crippen MR) is 72.4 cm³/mol. The summed E-state index contributed by atoms with van der Waals surface area (Å²) in [7, 11) is 0. The summed E-state index contributed by atoms with van der Waals surface area (Å²) in [6.07, 6.45) is 1.01. The summed E-state index contributed by atoms with van der Waals surface area (Å²) < 4.78 is 24.6. The van der Waals surface area contributed by atoms with Crippen molar-refractivity contribution >= 4 is 0 Å². The molecule has 2 rings (SSSR count). The molecular weight excluding hydrogens is 245 g/mol. The van der Waals surface area contributed by atoms with Gasteiger partial charge in [-0.3, -0.25) is 0 Å². The van der Waals surface area contributed by atoms with Crippen LogP contribution in [0.5, 0.6) is 0 Å². The summed E-state index contributed by atoms with van der Waals surface area (Å²) >= 11 is 0. The first-order chi connectivity index (χ1) is 9.15. The minimum atomic E-state index is -0.202. The zero-order chi connectivity index (χ0) is 13.7. The summed E-state index contributed by atoms with van der Waals surface area (Å²) in [5.41, 5.74) is 1.70. The van der Waals surface area contributed by atoms with Gasteiger partial charge < -0.3 is 14.8 Å². The van der Waals surface area contributed by atoms with Crippen LogP contribution in [0, 0.1) is 5.82 Å². The van der Waals surface area contributed by atoms with E-state index in [1.165, 1.54) is 6.07 Å². The Morgan fingerprint density at radius 1 is 1.47 bits per heavy atom. The molecule has 0 amide bonds. The summed E-state index contributed by atoms with van der Waals surface area (Å²) in [5.74, 6) is -0.202. The van der Waals surface area contributed by atoms with Gasteiger partial charge in [-0.05, 0) is 24.1 Å². The largest absolute Gasteiger partial charge is 0.379 e. The fraction of sp³-hybridized carbons (Fsp3) is 0.600. The quantitative estimate of drug-likeness (QED) is 0.859. The van der Waals surface area contributed by atoms with Crippen LogP contribution in [-0.4, -0.2) is 25.4 Å². The third kappa shape index (κ3) is 4.56. The van der Waals surface area contributed by atoms with Crippen LogP contribution in [0.2, 0.25) is 0 Å². The lowest BCUT2D eigenvalue weighted by molar-refractivity contribution is 0.0304. The minimum Gasteiger partial charge on any atom is -0.379 e. The Morgan fingerprint density at radius 3 is 3.00 bits per heavy atom. The number of rotatable bonds is 6. The van der Waals surface area contributed by atoms with Crippen molar-refractivity contribution in [3.8, 4) is 0 Å². The van der Waals surface area contributed by atoms with Crippen LogP contribution < -0.4 is 5.32 Å². The molecule has 0 bridgehead atoms. The van der Waals surface area contributed by atoms with Gasteiger partial charge >= 0.3 is 0 Å². The second kappa shape index (κ2) is 6.98. The van der Waals surface area contributed by atoms with E-state index in [4.69, 9.17) is 9.47 Å². The van der Waals surface area contributed by atoms with E-state index >= 15 is 0 Å². The van der Waals surface area contributed by atoms with Gasteiger partial charge in [0.1, 0.15) is 5.82 Å². The first-order valence-electron chi connectivity index (χ1n) is 6.85. The smallest absolute Gasteiger partial charge is 0.128 e. The first kappa shape index (κ1) is 14.4. The van der Waals surface area contributed by atoms with Crippen molar-refractivity contribution in [2.24, 2.45) is 0 Å². The maximum absolute atomic E-state index is 13.7. The fourth-order valence-corrected chi connectivity index (χ4v) is 2.02. The molecule has 1 aliphatic heterocycles. The third-order valence-electron chi connectivity index (χ3n) is 3.19. The van der Waals surface area contributed by atoms with Crippen LogP contribution in [0.1, 0.15) is 31.4 Å². The maximum atomic E-state index is 13.7. The molecule has 19 heavy (non-hydrogen) atoms. The lowest BCUT2D eigenvalue weighted by Gasteiger charge is -2.13. The molecule has 0 spiro atoms. The number of hydrogen-bond donors (Lipinski definition) is 1. The van der Waals surface area contributed by atoms with E-state index < -0.39 is 0 Å². The van der Waals surface area contributed by atoms with Gasteiger partial charge in [0.25, 0.3) is 0 Å². The highest BCUT2D eigenvalue weighted by atomic mass is 19.1. The van der Waals surface area contributed by atoms with Gasteiger partial charge in [-0.15, -0.1) is 0 Å². The Kier molecular flexibility index (Phi) is 5.31. The Labute approximate surface area is 114 Å². The Hall–Kier alpha value is -0.970. The summed E-state index contributed by atoms with van der Waals surface area (Å²) in [4.78, 5) is 0.